The molecule has 1 aliphatic heterocycles. The number of fused-ring (bicyclic) bond motifs is 1. The Morgan fingerprint density at radius 2 is 2.09 bits per heavy atom. The van der Waals surface area contributed by atoms with Crippen LogP contribution in [0.5, 0.6) is 0 Å². The fourth-order valence-corrected chi connectivity index (χ4v) is 3.40. The molecule has 1 saturated heterocycles. The van der Waals surface area contributed by atoms with Crippen LogP contribution in [0.15, 0.2) is 24.3 Å². The topological polar surface area (TPSA) is 73.4 Å². The summed E-state index contributed by atoms with van der Waals surface area (Å²) in [6.07, 6.45) is 0.472. The summed E-state index contributed by atoms with van der Waals surface area (Å²) in [5, 5.41) is 10.4. The quantitative estimate of drug-likeness (QED) is 0.893. The zero-order valence-electron chi connectivity index (χ0n) is 12.2. The molecular weight excluding hydrogens is 304 g/mol. The molecule has 0 spiro atoms. The Kier molecular flexibility index (Phi) is 3.83. The number of nitrogens with one attached hydrogen (secondary N) is 1. The number of carboxylic acids is 1. The van der Waals surface area contributed by atoms with Crippen LogP contribution in [-0.2, 0) is 4.79 Å². The molecule has 1 aromatic carbocycles. The molecule has 2 unspecified atom stereocenters. The molecule has 5 nitrogen and oxygen atoms in total. The van der Waals surface area contributed by atoms with E-state index >= 15 is 0 Å². The van der Waals surface area contributed by atoms with Gasteiger partial charge in [0.1, 0.15) is 5.69 Å². The summed E-state index contributed by atoms with van der Waals surface area (Å²) in [4.78, 5) is 28.6. The van der Waals surface area contributed by atoms with Gasteiger partial charge in [-0.1, -0.05) is 36.7 Å². The molecule has 6 heteroatoms. The number of piperidine rings is 1. The van der Waals surface area contributed by atoms with E-state index in [2.05, 4.69) is 4.98 Å². The monoisotopic (exact) mass is 320 g/mol. The Bertz CT molecular complexity index is 740. The minimum Gasteiger partial charge on any atom is -0.481 e. The summed E-state index contributed by atoms with van der Waals surface area (Å²) in [5.74, 6) is -1.42. The molecule has 0 bridgehead atoms. The highest BCUT2D eigenvalue weighted by Gasteiger charge is 2.34. The number of carbonyl (C=O) groups is 2. The second-order valence-electron chi connectivity index (χ2n) is 5.82. The standard InChI is InChI=1S/C16H17ClN2O3/c1-9-8-19(7-6-10(9)16(21)22)15(20)14-13(17)11-4-2-3-5-12(11)18-14/h2-5,9-10,18H,6-8H2,1H3,(H,21,22). The third-order valence-electron chi connectivity index (χ3n) is 4.37. The van der Waals surface area contributed by atoms with Crippen LogP contribution < -0.4 is 0 Å². The normalized spacial score (nSPS) is 22.0. The Morgan fingerprint density at radius 3 is 2.73 bits per heavy atom. The number of aromatic nitrogens is 1. The number of para-hydroxylation sites is 1. The Labute approximate surface area is 132 Å². The minimum atomic E-state index is -0.789. The number of halogens is 1. The molecule has 0 radical (unpaired) electrons. The average Bonchev–Trinajstić information content (AvgIpc) is 2.83. The maximum atomic E-state index is 12.7. The smallest absolute Gasteiger partial charge is 0.306 e. The first kappa shape index (κ1) is 14.9. The highest BCUT2D eigenvalue weighted by Crippen LogP contribution is 2.30. The summed E-state index contributed by atoms with van der Waals surface area (Å²) in [5.41, 5.74) is 1.20. The number of aliphatic carboxylic acids is 1. The number of benzene rings is 1. The van der Waals surface area contributed by atoms with E-state index in [1.54, 1.807) is 4.90 Å². The number of rotatable bonds is 2. The molecule has 0 saturated carbocycles. The van der Waals surface area contributed by atoms with Gasteiger partial charge in [0.2, 0.25) is 0 Å². The van der Waals surface area contributed by atoms with E-state index in [4.69, 9.17) is 16.7 Å². The molecule has 2 N–H and O–H groups in total. The largest absolute Gasteiger partial charge is 0.481 e. The fourth-order valence-electron chi connectivity index (χ4n) is 3.11. The van der Waals surface area contributed by atoms with Gasteiger partial charge >= 0.3 is 5.97 Å². The van der Waals surface area contributed by atoms with Gasteiger partial charge in [0.15, 0.2) is 0 Å². The number of carbonyl (C=O) groups excluding carboxylic acids is 1. The van der Waals surface area contributed by atoms with Crippen LogP contribution in [0.3, 0.4) is 0 Å². The number of hydrogen-bond acceptors (Lipinski definition) is 2. The van der Waals surface area contributed by atoms with E-state index in [9.17, 15) is 9.59 Å². The molecule has 116 valence electrons. The molecule has 22 heavy (non-hydrogen) atoms. The number of H-pyrrole nitrogens is 1. The van der Waals surface area contributed by atoms with Crippen LogP contribution in [0, 0.1) is 11.8 Å². The summed E-state index contributed by atoms with van der Waals surface area (Å²) in [6.45, 7) is 2.73. The number of hydrogen-bond donors (Lipinski definition) is 2. The van der Waals surface area contributed by atoms with Crippen LogP contribution in [0.25, 0.3) is 10.9 Å². The number of amides is 1. The molecule has 1 aliphatic rings. The molecule has 1 fully saturated rings. The lowest BCUT2D eigenvalue weighted by Gasteiger charge is -2.34. The molecule has 2 heterocycles. The van der Waals surface area contributed by atoms with Gasteiger partial charge < -0.3 is 15.0 Å². The fraction of sp³-hybridized carbons (Fsp3) is 0.375. The van der Waals surface area contributed by atoms with E-state index in [1.807, 2.05) is 31.2 Å². The van der Waals surface area contributed by atoms with Gasteiger partial charge in [-0.15, -0.1) is 0 Å². The van der Waals surface area contributed by atoms with Gasteiger partial charge in [-0.2, -0.15) is 0 Å². The van der Waals surface area contributed by atoms with Crippen molar-refractivity contribution in [3.8, 4) is 0 Å². The van der Waals surface area contributed by atoms with Gasteiger partial charge in [0.05, 0.1) is 10.9 Å². The summed E-state index contributed by atoms with van der Waals surface area (Å²) in [6, 6.07) is 7.49. The van der Waals surface area contributed by atoms with Crippen LogP contribution in [0.4, 0.5) is 0 Å². The molecule has 3 rings (SSSR count). The van der Waals surface area contributed by atoms with Crippen molar-refractivity contribution in [2.45, 2.75) is 13.3 Å². The van der Waals surface area contributed by atoms with Crippen molar-refractivity contribution >= 4 is 34.4 Å². The first-order valence-corrected chi connectivity index (χ1v) is 7.65. The summed E-state index contributed by atoms with van der Waals surface area (Å²) < 4.78 is 0. The van der Waals surface area contributed by atoms with Crippen molar-refractivity contribution in [3.05, 3.63) is 35.0 Å². The van der Waals surface area contributed by atoms with E-state index in [1.165, 1.54) is 0 Å². The van der Waals surface area contributed by atoms with Crippen molar-refractivity contribution in [1.82, 2.24) is 9.88 Å². The third-order valence-corrected chi connectivity index (χ3v) is 4.76. The lowest BCUT2D eigenvalue weighted by atomic mass is 9.87. The van der Waals surface area contributed by atoms with Crippen molar-refractivity contribution in [1.29, 1.82) is 0 Å². The number of carboxylic acid groups (broad SMARTS) is 1. The Morgan fingerprint density at radius 1 is 1.36 bits per heavy atom. The van der Waals surface area contributed by atoms with Crippen molar-refractivity contribution in [2.24, 2.45) is 11.8 Å². The molecule has 1 aromatic heterocycles. The lowest BCUT2D eigenvalue weighted by molar-refractivity contribution is -0.145. The maximum Gasteiger partial charge on any atom is 0.306 e. The molecule has 0 aliphatic carbocycles. The van der Waals surface area contributed by atoms with Crippen molar-refractivity contribution < 1.29 is 14.7 Å². The second-order valence-corrected chi connectivity index (χ2v) is 6.20. The van der Waals surface area contributed by atoms with Crippen LogP contribution in [0.2, 0.25) is 5.02 Å². The van der Waals surface area contributed by atoms with E-state index in [0.717, 1.165) is 10.9 Å². The molecular formula is C16H17ClN2O3. The maximum absolute atomic E-state index is 12.7. The van der Waals surface area contributed by atoms with Gasteiger partial charge in [-0.3, -0.25) is 9.59 Å². The van der Waals surface area contributed by atoms with Gasteiger partial charge in [-0.05, 0) is 18.4 Å². The third kappa shape index (κ3) is 2.46. The van der Waals surface area contributed by atoms with Gasteiger partial charge in [0.25, 0.3) is 5.91 Å². The molecule has 2 atom stereocenters. The molecule has 2 aromatic rings. The van der Waals surface area contributed by atoms with E-state index in [0.29, 0.717) is 30.2 Å². The summed E-state index contributed by atoms with van der Waals surface area (Å²) >= 11 is 6.31. The Balaban J connectivity index is 1.85. The predicted octanol–water partition coefficient (Wildman–Crippen LogP) is 3.00. The minimum absolute atomic E-state index is 0.0710. The van der Waals surface area contributed by atoms with Gasteiger partial charge in [-0.25, -0.2) is 0 Å². The van der Waals surface area contributed by atoms with Crippen LogP contribution >= 0.6 is 11.6 Å². The first-order chi connectivity index (χ1) is 10.5. The second kappa shape index (κ2) is 5.65. The van der Waals surface area contributed by atoms with Crippen molar-refractivity contribution in [3.63, 3.8) is 0 Å². The number of aromatic amines is 1. The predicted molar refractivity (Wildman–Crippen MR) is 84.1 cm³/mol. The van der Waals surface area contributed by atoms with Crippen LogP contribution in [-0.4, -0.2) is 40.0 Å². The number of likely N-dealkylation sites (tertiary alicyclic amines) is 1. The van der Waals surface area contributed by atoms with Crippen molar-refractivity contribution in [2.75, 3.05) is 13.1 Å². The van der Waals surface area contributed by atoms with Crippen LogP contribution in [0.1, 0.15) is 23.8 Å². The SMILES string of the molecule is CC1CN(C(=O)c2[nH]c3ccccc3c2Cl)CCC1C(=O)O. The highest BCUT2D eigenvalue weighted by molar-refractivity contribution is 6.38. The van der Waals surface area contributed by atoms with E-state index in [-0.39, 0.29) is 17.7 Å². The molecule has 1 amide bonds. The highest BCUT2D eigenvalue weighted by atomic mass is 35.5. The zero-order chi connectivity index (χ0) is 15.9. The lowest BCUT2D eigenvalue weighted by Crippen LogP contribution is -2.45. The zero-order valence-corrected chi connectivity index (χ0v) is 12.9. The van der Waals surface area contributed by atoms with Gasteiger partial charge in [0, 0.05) is 24.0 Å². The number of nitrogens with zero attached hydrogens (tertiary/aromatic N) is 1. The Hall–Kier alpha value is -2.01. The average molecular weight is 321 g/mol. The first-order valence-electron chi connectivity index (χ1n) is 7.27. The van der Waals surface area contributed by atoms with E-state index < -0.39 is 5.97 Å². The summed E-state index contributed by atoms with van der Waals surface area (Å²) in [7, 11) is 0.